The van der Waals surface area contributed by atoms with Gasteiger partial charge in [-0.05, 0) is 30.0 Å². The highest BCUT2D eigenvalue weighted by Gasteiger charge is 2.29. The van der Waals surface area contributed by atoms with Crippen LogP contribution in [0.4, 0.5) is 0 Å². The van der Waals surface area contributed by atoms with Crippen molar-refractivity contribution in [1.82, 2.24) is 10.2 Å². The maximum absolute atomic E-state index is 12.9. The number of hydrogen-bond acceptors (Lipinski definition) is 2. The Bertz CT molecular complexity index is 728. The quantitative estimate of drug-likeness (QED) is 0.791. The molecule has 0 aliphatic carbocycles. The number of nitrogens with zero attached hydrogens (tertiary/aromatic N) is 1. The number of rotatable bonds is 8. The third-order valence-electron chi connectivity index (χ3n) is 4.58. The standard InChI is InChI=1S/C22H28N2O2/c1-4-10-21(25)24(16-19-14-9-8-11-17(19)2)20(22(26)23-3)15-18-12-6-5-7-13-18/h5-9,11-14,20H,4,10,15-16H2,1-3H3,(H,23,26). The van der Waals surface area contributed by atoms with Crippen LogP contribution >= 0.6 is 0 Å². The number of amides is 2. The largest absolute Gasteiger partial charge is 0.357 e. The number of carbonyl (C=O) groups excluding carboxylic acids is 2. The summed E-state index contributed by atoms with van der Waals surface area (Å²) in [6, 6.07) is 17.3. The van der Waals surface area contributed by atoms with Gasteiger partial charge >= 0.3 is 0 Å². The van der Waals surface area contributed by atoms with E-state index in [0.717, 1.165) is 23.1 Å². The molecule has 4 heteroatoms. The lowest BCUT2D eigenvalue weighted by molar-refractivity contribution is -0.141. The molecule has 0 fully saturated rings. The van der Waals surface area contributed by atoms with Gasteiger partial charge in [0.1, 0.15) is 6.04 Å². The normalized spacial score (nSPS) is 11.7. The van der Waals surface area contributed by atoms with Crippen molar-refractivity contribution in [1.29, 1.82) is 0 Å². The highest BCUT2D eigenvalue weighted by atomic mass is 16.2. The van der Waals surface area contributed by atoms with Gasteiger partial charge < -0.3 is 10.2 Å². The number of benzene rings is 2. The fourth-order valence-electron chi connectivity index (χ4n) is 3.05. The van der Waals surface area contributed by atoms with E-state index in [9.17, 15) is 9.59 Å². The van der Waals surface area contributed by atoms with E-state index < -0.39 is 6.04 Å². The Kier molecular flexibility index (Phi) is 7.39. The predicted molar refractivity (Wildman–Crippen MR) is 105 cm³/mol. The molecule has 0 aromatic heterocycles. The summed E-state index contributed by atoms with van der Waals surface area (Å²) in [5, 5.41) is 2.73. The van der Waals surface area contributed by atoms with E-state index in [1.165, 1.54) is 0 Å². The zero-order valence-corrected chi connectivity index (χ0v) is 15.9. The highest BCUT2D eigenvalue weighted by molar-refractivity contribution is 5.87. The van der Waals surface area contributed by atoms with Crippen LogP contribution in [0.5, 0.6) is 0 Å². The first-order valence-corrected chi connectivity index (χ1v) is 9.16. The summed E-state index contributed by atoms with van der Waals surface area (Å²) >= 11 is 0. The lowest BCUT2D eigenvalue weighted by Crippen LogP contribution is -2.49. The number of hydrogen-bond donors (Lipinski definition) is 1. The first-order chi connectivity index (χ1) is 12.6. The maximum Gasteiger partial charge on any atom is 0.242 e. The van der Waals surface area contributed by atoms with Gasteiger partial charge in [-0.2, -0.15) is 0 Å². The molecule has 2 aromatic rings. The van der Waals surface area contributed by atoms with Crippen LogP contribution in [0.2, 0.25) is 0 Å². The summed E-state index contributed by atoms with van der Waals surface area (Å²) in [6.45, 7) is 4.45. The molecule has 1 N–H and O–H groups in total. The first-order valence-electron chi connectivity index (χ1n) is 9.16. The fourth-order valence-corrected chi connectivity index (χ4v) is 3.05. The molecule has 0 aliphatic heterocycles. The summed E-state index contributed by atoms with van der Waals surface area (Å²) in [5.74, 6) is -0.118. The molecule has 26 heavy (non-hydrogen) atoms. The summed E-state index contributed by atoms with van der Waals surface area (Å²) in [6.07, 6.45) is 1.70. The lowest BCUT2D eigenvalue weighted by Gasteiger charge is -2.31. The second-order valence-corrected chi connectivity index (χ2v) is 6.52. The van der Waals surface area contributed by atoms with Crippen LogP contribution in [0.1, 0.15) is 36.5 Å². The van der Waals surface area contributed by atoms with E-state index in [1.54, 1.807) is 11.9 Å². The van der Waals surface area contributed by atoms with Crippen molar-refractivity contribution in [2.24, 2.45) is 0 Å². The molecule has 1 atom stereocenters. The third kappa shape index (κ3) is 5.19. The Balaban J connectivity index is 2.35. The number of aryl methyl sites for hydroxylation is 1. The van der Waals surface area contributed by atoms with Gasteiger partial charge in [0.15, 0.2) is 0 Å². The van der Waals surface area contributed by atoms with Crippen LogP contribution in [-0.4, -0.2) is 29.8 Å². The topological polar surface area (TPSA) is 49.4 Å². The van der Waals surface area contributed by atoms with E-state index in [4.69, 9.17) is 0 Å². The van der Waals surface area contributed by atoms with Crippen LogP contribution in [-0.2, 0) is 22.6 Å². The molecule has 2 aromatic carbocycles. The van der Waals surface area contributed by atoms with Crippen LogP contribution in [0.25, 0.3) is 0 Å². The summed E-state index contributed by atoms with van der Waals surface area (Å²) < 4.78 is 0. The van der Waals surface area contributed by atoms with E-state index >= 15 is 0 Å². The number of carbonyl (C=O) groups is 2. The Morgan fingerprint density at radius 3 is 2.31 bits per heavy atom. The van der Waals surface area contributed by atoms with Crippen LogP contribution in [0.3, 0.4) is 0 Å². The lowest BCUT2D eigenvalue weighted by atomic mass is 10.0. The maximum atomic E-state index is 12.9. The zero-order valence-electron chi connectivity index (χ0n) is 15.9. The monoisotopic (exact) mass is 352 g/mol. The van der Waals surface area contributed by atoms with Crippen LogP contribution in [0, 0.1) is 6.92 Å². The molecular weight excluding hydrogens is 324 g/mol. The van der Waals surface area contributed by atoms with E-state index in [0.29, 0.717) is 19.4 Å². The molecule has 0 bridgehead atoms. The predicted octanol–water partition coefficient (Wildman–Crippen LogP) is 3.48. The van der Waals surface area contributed by atoms with Crippen molar-refractivity contribution >= 4 is 11.8 Å². The van der Waals surface area contributed by atoms with Gasteiger partial charge in [-0.25, -0.2) is 0 Å². The number of nitrogens with one attached hydrogen (secondary N) is 1. The molecule has 0 saturated heterocycles. The average molecular weight is 352 g/mol. The number of likely N-dealkylation sites (N-methyl/N-ethyl adjacent to an activating group) is 1. The second-order valence-electron chi connectivity index (χ2n) is 6.52. The van der Waals surface area contributed by atoms with Crippen molar-refractivity contribution in [3.63, 3.8) is 0 Å². The Morgan fingerprint density at radius 2 is 1.69 bits per heavy atom. The van der Waals surface area contributed by atoms with Crippen molar-refractivity contribution in [3.8, 4) is 0 Å². The van der Waals surface area contributed by atoms with Gasteiger partial charge in [-0.1, -0.05) is 61.5 Å². The van der Waals surface area contributed by atoms with Crippen molar-refractivity contribution in [2.45, 2.75) is 45.7 Å². The van der Waals surface area contributed by atoms with Gasteiger partial charge in [0.25, 0.3) is 0 Å². The van der Waals surface area contributed by atoms with Crippen molar-refractivity contribution in [2.75, 3.05) is 7.05 Å². The van der Waals surface area contributed by atoms with Crippen LogP contribution in [0.15, 0.2) is 54.6 Å². The minimum absolute atomic E-state index is 0.0142. The Morgan fingerprint density at radius 1 is 1.04 bits per heavy atom. The van der Waals surface area contributed by atoms with E-state index in [-0.39, 0.29) is 11.8 Å². The molecule has 0 saturated carbocycles. The zero-order chi connectivity index (χ0) is 18.9. The Hall–Kier alpha value is -2.62. The molecule has 4 nitrogen and oxygen atoms in total. The summed E-state index contributed by atoms with van der Waals surface area (Å²) in [4.78, 5) is 27.2. The highest BCUT2D eigenvalue weighted by Crippen LogP contribution is 2.18. The average Bonchev–Trinajstić information content (AvgIpc) is 2.66. The molecular formula is C22H28N2O2. The fraction of sp³-hybridized carbons (Fsp3) is 0.364. The molecule has 138 valence electrons. The minimum atomic E-state index is -0.527. The van der Waals surface area contributed by atoms with E-state index in [2.05, 4.69) is 5.32 Å². The Labute approximate surface area is 156 Å². The van der Waals surface area contributed by atoms with Gasteiger partial charge in [0, 0.05) is 26.4 Å². The molecule has 0 radical (unpaired) electrons. The molecule has 0 aliphatic rings. The van der Waals surface area contributed by atoms with Gasteiger partial charge in [-0.3, -0.25) is 9.59 Å². The molecule has 2 rings (SSSR count). The molecule has 1 unspecified atom stereocenters. The molecule has 0 spiro atoms. The summed E-state index contributed by atoms with van der Waals surface area (Å²) in [7, 11) is 1.62. The van der Waals surface area contributed by atoms with Gasteiger partial charge in [-0.15, -0.1) is 0 Å². The van der Waals surface area contributed by atoms with Crippen molar-refractivity contribution in [3.05, 3.63) is 71.3 Å². The third-order valence-corrected chi connectivity index (χ3v) is 4.58. The molecule has 2 amide bonds. The first kappa shape index (κ1) is 19.7. The smallest absolute Gasteiger partial charge is 0.242 e. The summed E-state index contributed by atoms with van der Waals surface area (Å²) in [5.41, 5.74) is 3.23. The van der Waals surface area contributed by atoms with Gasteiger partial charge in [0.2, 0.25) is 11.8 Å². The van der Waals surface area contributed by atoms with Crippen LogP contribution < -0.4 is 5.32 Å². The minimum Gasteiger partial charge on any atom is -0.357 e. The SMILES string of the molecule is CCCC(=O)N(Cc1ccccc1C)C(Cc1ccccc1)C(=O)NC. The second kappa shape index (κ2) is 9.76. The molecule has 0 heterocycles. The van der Waals surface area contributed by atoms with Gasteiger partial charge in [0.05, 0.1) is 0 Å². The van der Waals surface area contributed by atoms with Crippen molar-refractivity contribution < 1.29 is 9.59 Å². The van der Waals surface area contributed by atoms with E-state index in [1.807, 2.05) is 68.4 Å².